The third-order valence-electron chi connectivity index (χ3n) is 5.22. The van der Waals surface area contributed by atoms with Gasteiger partial charge in [0.05, 0.1) is 11.8 Å². The van der Waals surface area contributed by atoms with Gasteiger partial charge < -0.3 is 15.0 Å². The third kappa shape index (κ3) is 6.01. The van der Waals surface area contributed by atoms with Crippen molar-refractivity contribution in [3.05, 3.63) is 52.5 Å². The number of sulfone groups is 1. The van der Waals surface area contributed by atoms with Crippen LogP contribution in [0, 0.1) is 6.92 Å². The average Bonchev–Trinajstić information content (AvgIpc) is 3.07. The summed E-state index contributed by atoms with van der Waals surface area (Å²) in [4.78, 5) is 35.1. The number of hydrogen-bond donors (Lipinski definition) is 1. The van der Waals surface area contributed by atoms with Crippen molar-refractivity contribution in [3.8, 4) is 5.88 Å². The highest BCUT2D eigenvalue weighted by Gasteiger charge is 2.35. The standard InChI is InChI=1S/C21H23F3N4O5S/c1-12-8-14(9-27-19(12)33-11-21(22,23)24)13(2)28-10-16-15(20(28)30)4-5-25-17(16)18(29)26-6-7-34(3,31)32/h4-5,8-9,13H,6-7,10-11H2,1-3H3,(H,26,29). The number of aromatic nitrogens is 2. The van der Waals surface area contributed by atoms with Crippen LogP contribution in [0.5, 0.6) is 5.88 Å². The minimum absolute atomic E-state index is 0.0271. The van der Waals surface area contributed by atoms with Crippen LogP contribution in [0.4, 0.5) is 13.2 Å². The number of nitrogens with zero attached hydrogens (tertiary/aromatic N) is 3. The second-order valence-corrected chi connectivity index (χ2v) is 10.2. The van der Waals surface area contributed by atoms with E-state index in [1.54, 1.807) is 19.9 Å². The number of pyridine rings is 2. The molecule has 34 heavy (non-hydrogen) atoms. The molecule has 2 aromatic rings. The maximum Gasteiger partial charge on any atom is 0.422 e. The molecule has 1 aliphatic rings. The monoisotopic (exact) mass is 500 g/mol. The number of hydrogen-bond acceptors (Lipinski definition) is 7. The molecule has 1 N–H and O–H groups in total. The Morgan fingerprint density at radius 3 is 2.65 bits per heavy atom. The lowest BCUT2D eigenvalue weighted by Gasteiger charge is -2.25. The van der Waals surface area contributed by atoms with Crippen LogP contribution < -0.4 is 10.1 Å². The topological polar surface area (TPSA) is 119 Å². The number of aryl methyl sites for hydroxylation is 1. The Kier molecular flexibility index (Phi) is 7.15. The average molecular weight is 500 g/mol. The summed E-state index contributed by atoms with van der Waals surface area (Å²) in [6, 6.07) is 2.58. The van der Waals surface area contributed by atoms with Gasteiger partial charge in [0.25, 0.3) is 11.8 Å². The van der Waals surface area contributed by atoms with E-state index in [9.17, 15) is 31.2 Å². The molecule has 0 aromatic carbocycles. The van der Waals surface area contributed by atoms with Crippen LogP contribution in [0.15, 0.2) is 24.5 Å². The van der Waals surface area contributed by atoms with Crippen LogP contribution in [0.1, 0.15) is 50.5 Å². The summed E-state index contributed by atoms with van der Waals surface area (Å²) in [5.74, 6) is -1.32. The quantitative estimate of drug-likeness (QED) is 0.590. The lowest BCUT2D eigenvalue weighted by molar-refractivity contribution is -0.154. The summed E-state index contributed by atoms with van der Waals surface area (Å²) in [7, 11) is -3.26. The number of amides is 2. The van der Waals surface area contributed by atoms with E-state index in [-0.39, 0.29) is 36.3 Å². The highest BCUT2D eigenvalue weighted by molar-refractivity contribution is 7.90. The van der Waals surface area contributed by atoms with Crippen molar-refractivity contribution in [2.45, 2.75) is 32.6 Å². The second kappa shape index (κ2) is 9.57. The van der Waals surface area contributed by atoms with E-state index >= 15 is 0 Å². The number of rotatable bonds is 8. The van der Waals surface area contributed by atoms with Gasteiger partial charge in [-0.15, -0.1) is 0 Å². The Hall–Kier alpha value is -3.22. The van der Waals surface area contributed by atoms with Crippen molar-refractivity contribution in [1.82, 2.24) is 20.2 Å². The minimum atomic E-state index is -4.49. The van der Waals surface area contributed by atoms with Gasteiger partial charge in [-0.2, -0.15) is 13.2 Å². The number of alkyl halides is 3. The van der Waals surface area contributed by atoms with Crippen LogP contribution in [0.2, 0.25) is 0 Å². The van der Waals surface area contributed by atoms with Crippen molar-refractivity contribution >= 4 is 21.7 Å². The van der Waals surface area contributed by atoms with E-state index in [2.05, 4.69) is 15.3 Å². The Balaban J connectivity index is 1.76. The first-order chi connectivity index (χ1) is 15.8. The zero-order valence-corrected chi connectivity index (χ0v) is 19.5. The number of ether oxygens (including phenoxy) is 1. The van der Waals surface area contributed by atoms with Gasteiger partial charge in [0, 0.05) is 48.4 Å². The molecule has 3 rings (SSSR count). The minimum Gasteiger partial charge on any atom is -0.468 e. The molecule has 1 atom stereocenters. The molecular formula is C21H23F3N4O5S. The zero-order valence-electron chi connectivity index (χ0n) is 18.6. The largest absolute Gasteiger partial charge is 0.468 e. The highest BCUT2D eigenvalue weighted by atomic mass is 32.2. The first-order valence-electron chi connectivity index (χ1n) is 10.2. The molecule has 13 heteroatoms. The predicted octanol–water partition coefficient (Wildman–Crippen LogP) is 2.22. The molecule has 0 spiro atoms. The molecule has 1 unspecified atom stereocenters. The van der Waals surface area contributed by atoms with Crippen LogP contribution in [0.3, 0.4) is 0 Å². The summed E-state index contributed by atoms with van der Waals surface area (Å²) in [6.07, 6.45) is -0.761. The molecule has 2 amide bonds. The second-order valence-electron chi connectivity index (χ2n) is 7.98. The molecular weight excluding hydrogens is 477 g/mol. The van der Waals surface area contributed by atoms with E-state index in [1.165, 1.54) is 23.4 Å². The summed E-state index contributed by atoms with van der Waals surface area (Å²) in [5, 5.41) is 2.50. The maximum absolute atomic E-state index is 13.0. The van der Waals surface area contributed by atoms with Crippen molar-refractivity contribution in [3.63, 3.8) is 0 Å². The molecule has 1 aliphatic heterocycles. The van der Waals surface area contributed by atoms with Gasteiger partial charge in [-0.05, 0) is 31.5 Å². The van der Waals surface area contributed by atoms with Gasteiger partial charge in [-0.3, -0.25) is 14.6 Å². The number of nitrogens with one attached hydrogen (secondary N) is 1. The first kappa shape index (κ1) is 25.4. The molecule has 0 saturated heterocycles. The summed E-state index contributed by atoms with van der Waals surface area (Å²) in [5.41, 5.74) is 1.69. The van der Waals surface area contributed by atoms with Gasteiger partial charge in [0.1, 0.15) is 15.5 Å². The summed E-state index contributed by atoms with van der Waals surface area (Å²) >= 11 is 0. The van der Waals surface area contributed by atoms with Crippen LogP contribution in [-0.2, 0) is 16.4 Å². The van der Waals surface area contributed by atoms with Gasteiger partial charge in [-0.1, -0.05) is 0 Å². The van der Waals surface area contributed by atoms with Gasteiger partial charge in [0.2, 0.25) is 5.88 Å². The molecule has 0 bridgehead atoms. The van der Waals surface area contributed by atoms with Gasteiger partial charge in [0.15, 0.2) is 6.61 Å². The molecule has 9 nitrogen and oxygen atoms in total. The lowest BCUT2D eigenvalue weighted by Crippen LogP contribution is -2.30. The zero-order chi connectivity index (χ0) is 25.3. The van der Waals surface area contributed by atoms with Crippen LogP contribution in [0.25, 0.3) is 0 Å². The lowest BCUT2D eigenvalue weighted by atomic mass is 10.1. The van der Waals surface area contributed by atoms with Crippen molar-refractivity contribution in [2.24, 2.45) is 0 Å². The Morgan fingerprint density at radius 1 is 1.32 bits per heavy atom. The number of carbonyl (C=O) groups is 2. The normalized spacial score (nSPS) is 14.6. The molecule has 0 fully saturated rings. The fourth-order valence-corrected chi connectivity index (χ4v) is 3.96. The van der Waals surface area contributed by atoms with E-state index in [1.807, 2.05) is 0 Å². The molecule has 2 aromatic heterocycles. The fourth-order valence-electron chi connectivity index (χ4n) is 3.49. The molecule has 0 saturated carbocycles. The van der Waals surface area contributed by atoms with Crippen LogP contribution >= 0.6 is 0 Å². The molecule has 0 radical (unpaired) electrons. The van der Waals surface area contributed by atoms with Crippen molar-refractivity contribution in [1.29, 1.82) is 0 Å². The molecule has 3 heterocycles. The SMILES string of the molecule is Cc1cc(C(C)N2Cc3c(ccnc3C(=O)NCCS(C)(=O)=O)C2=O)cnc1OCC(F)(F)F. The highest BCUT2D eigenvalue weighted by Crippen LogP contribution is 2.33. The molecule has 184 valence electrons. The van der Waals surface area contributed by atoms with E-state index in [4.69, 9.17) is 4.74 Å². The van der Waals surface area contributed by atoms with Crippen molar-refractivity contribution < 1.29 is 35.9 Å². The molecule has 0 aliphatic carbocycles. The maximum atomic E-state index is 13.0. The Labute approximate surface area is 194 Å². The first-order valence-corrected chi connectivity index (χ1v) is 12.2. The Bertz CT molecular complexity index is 1220. The fraction of sp³-hybridized carbons (Fsp3) is 0.429. The van der Waals surface area contributed by atoms with Crippen molar-refractivity contribution in [2.75, 3.05) is 25.2 Å². The van der Waals surface area contributed by atoms with E-state index < -0.39 is 34.6 Å². The number of halogens is 3. The third-order valence-corrected chi connectivity index (χ3v) is 6.17. The summed E-state index contributed by atoms with van der Waals surface area (Å²) < 4.78 is 64.5. The van der Waals surface area contributed by atoms with E-state index in [0.717, 1.165) is 6.26 Å². The number of fused-ring (bicyclic) bond motifs is 1. The smallest absolute Gasteiger partial charge is 0.422 e. The van der Waals surface area contributed by atoms with E-state index in [0.29, 0.717) is 22.3 Å². The van der Waals surface area contributed by atoms with Gasteiger partial charge in [-0.25, -0.2) is 13.4 Å². The predicted molar refractivity (Wildman–Crippen MR) is 115 cm³/mol. The number of carbonyl (C=O) groups excluding carboxylic acids is 2. The van der Waals surface area contributed by atoms with Crippen LogP contribution in [-0.4, -0.2) is 66.4 Å². The van der Waals surface area contributed by atoms with Gasteiger partial charge >= 0.3 is 6.18 Å². The Morgan fingerprint density at radius 2 is 2.03 bits per heavy atom. The summed E-state index contributed by atoms with van der Waals surface area (Å²) in [6.45, 7) is 1.81.